The van der Waals surface area contributed by atoms with Gasteiger partial charge in [0.25, 0.3) is 5.69 Å². The molecule has 8 nitrogen and oxygen atoms in total. The summed E-state index contributed by atoms with van der Waals surface area (Å²) in [7, 11) is -1.84. The number of aryl methyl sites for hydroxylation is 1. The van der Waals surface area contributed by atoms with Gasteiger partial charge in [0, 0.05) is 29.1 Å². The average Bonchev–Trinajstić information content (AvgIpc) is 2.77. The Labute approximate surface area is 213 Å². The van der Waals surface area contributed by atoms with E-state index in [9.17, 15) is 18.0 Å². The van der Waals surface area contributed by atoms with Gasteiger partial charge in [-0.25, -0.2) is 13.1 Å². The lowest BCUT2D eigenvalue weighted by molar-refractivity contribution is -0.673. The molecular weight excluding hydrogens is 611 g/mol. The molecule has 32 heavy (non-hydrogen) atoms. The van der Waals surface area contributed by atoms with Gasteiger partial charge in [0.2, 0.25) is 15.9 Å². The van der Waals surface area contributed by atoms with Gasteiger partial charge < -0.3 is 24.0 Å². The van der Waals surface area contributed by atoms with Crippen LogP contribution in [0.3, 0.4) is 0 Å². The van der Waals surface area contributed by atoms with Crippen LogP contribution in [-0.2, 0) is 21.9 Å². The van der Waals surface area contributed by atoms with Crippen molar-refractivity contribution in [2.24, 2.45) is 18.9 Å². The second kappa shape index (κ2) is 12.1. The summed E-state index contributed by atoms with van der Waals surface area (Å²) in [6, 6.07) is 11.9. The van der Waals surface area contributed by atoms with Gasteiger partial charge in [-0.2, -0.15) is 4.57 Å². The number of aromatic nitrogens is 1. The Hall–Kier alpha value is -1.57. The third-order valence-corrected chi connectivity index (χ3v) is 7.93. The summed E-state index contributed by atoms with van der Waals surface area (Å²) in [5.41, 5.74) is 5.40. The maximum atomic E-state index is 12.5. The van der Waals surface area contributed by atoms with E-state index in [0.717, 1.165) is 12.8 Å². The van der Waals surface area contributed by atoms with Crippen molar-refractivity contribution in [3.05, 3.63) is 58.8 Å². The lowest BCUT2D eigenvalue weighted by Gasteiger charge is -2.27. The van der Waals surface area contributed by atoms with Crippen molar-refractivity contribution in [3.8, 4) is 0 Å². The van der Waals surface area contributed by atoms with Gasteiger partial charge in [-0.1, -0.05) is 12.1 Å². The first-order chi connectivity index (χ1) is 14.8. The second-order valence-electron chi connectivity index (χ2n) is 7.64. The Kier molecular flexibility index (Phi) is 10.0. The van der Waals surface area contributed by atoms with Crippen LogP contribution >= 0.6 is 15.9 Å². The van der Waals surface area contributed by atoms with E-state index in [1.54, 1.807) is 54.2 Å². The zero-order valence-electron chi connectivity index (χ0n) is 17.6. The lowest BCUT2D eigenvalue weighted by atomic mass is 9.82. The van der Waals surface area contributed by atoms with Crippen LogP contribution in [0, 0.1) is 11.8 Å². The van der Waals surface area contributed by atoms with E-state index < -0.39 is 10.0 Å². The SMILES string of the molecule is C[n+]1ccccc1C(=O)NNC(=O)C1CCC(CNS(=O)(=O)c2ccccc2Br)CC1.[I-]. The molecule has 2 amide bonds. The van der Waals surface area contributed by atoms with Crippen molar-refractivity contribution in [3.63, 3.8) is 0 Å². The number of nitrogens with zero attached hydrogens (tertiary/aromatic N) is 1. The van der Waals surface area contributed by atoms with Crippen LogP contribution in [-0.4, -0.2) is 26.8 Å². The molecule has 2 aromatic rings. The van der Waals surface area contributed by atoms with E-state index in [4.69, 9.17) is 0 Å². The van der Waals surface area contributed by atoms with Gasteiger partial charge in [0.15, 0.2) is 6.20 Å². The maximum absolute atomic E-state index is 12.5. The van der Waals surface area contributed by atoms with Crippen LogP contribution in [0.2, 0.25) is 0 Å². The van der Waals surface area contributed by atoms with Crippen molar-refractivity contribution < 1.29 is 46.6 Å². The molecule has 0 unspecified atom stereocenters. The number of pyridine rings is 1. The third-order valence-electron chi connectivity index (χ3n) is 5.49. The summed E-state index contributed by atoms with van der Waals surface area (Å²) in [6.07, 6.45) is 4.50. The molecule has 11 heteroatoms. The molecule has 174 valence electrons. The predicted molar refractivity (Wildman–Crippen MR) is 118 cm³/mol. The fourth-order valence-corrected chi connectivity index (χ4v) is 5.76. The minimum absolute atomic E-state index is 0. The van der Waals surface area contributed by atoms with Crippen LogP contribution in [0.5, 0.6) is 0 Å². The highest BCUT2D eigenvalue weighted by atomic mass is 127. The summed E-state index contributed by atoms with van der Waals surface area (Å²) >= 11 is 3.27. The highest BCUT2D eigenvalue weighted by Crippen LogP contribution is 2.29. The van der Waals surface area contributed by atoms with Gasteiger partial charge in [-0.15, -0.1) is 0 Å². The third kappa shape index (κ3) is 6.96. The number of hydrogen-bond acceptors (Lipinski definition) is 4. The molecule has 1 saturated carbocycles. The van der Waals surface area contributed by atoms with Crippen LogP contribution < -0.4 is 44.1 Å². The first kappa shape index (κ1) is 26.7. The molecule has 1 aliphatic carbocycles. The summed E-state index contributed by atoms with van der Waals surface area (Å²) < 4.78 is 29.9. The lowest BCUT2D eigenvalue weighted by Crippen LogP contribution is -3.00. The number of nitrogens with one attached hydrogen (secondary N) is 3. The van der Waals surface area contributed by atoms with Gasteiger partial charge >= 0.3 is 5.91 Å². The molecule has 1 fully saturated rings. The number of amides is 2. The number of rotatable bonds is 6. The Morgan fingerprint density at radius 1 is 1.03 bits per heavy atom. The summed E-state index contributed by atoms with van der Waals surface area (Å²) in [6.45, 7) is 0.333. The highest BCUT2D eigenvalue weighted by molar-refractivity contribution is 9.10. The van der Waals surface area contributed by atoms with Crippen LogP contribution in [0.1, 0.15) is 36.2 Å². The number of sulfonamides is 1. The van der Waals surface area contributed by atoms with E-state index in [-0.39, 0.29) is 52.5 Å². The topological polar surface area (TPSA) is 108 Å². The number of hydrogen-bond donors (Lipinski definition) is 3. The van der Waals surface area contributed by atoms with Crippen molar-refractivity contribution >= 4 is 37.8 Å². The molecule has 0 spiro atoms. The van der Waals surface area contributed by atoms with Crippen molar-refractivity contribution in [1.82, 2.24) is 15.6 Å². The summed E-state index contributed by atoms with van der Waals surface area (Å²) in [5, 5.41) is 0. The minimum Gasteiger partial charge on any atom is -1.00 e. The van der Waals surface area contributed by atoms with Gasteiger partial charge in [0.1, 0.15) is 7.05 Å². The molecule has 0 aliphatic heterocycles. The normalized spacial score (nSPS) is 18.3. The molecule has 0 radical (unpaired) electrons. The van der Waals surface area contributed by atoms with E-state index >= 15 is 0 Å². The maximum Gasteiger partial charge on any atom is 0.334 e. The van der Waals surface area contributed by atoms with Crippen molar-refractivity contribution in [2.45, 2.75) is 30.6 Å². The summed E-state index contributed by atoms with van der Waals surface area (Å²) in [4.78, 5) is 24.8. The van der Waals surface area contributed by atoms with E-state index in [1.165, 1.54) is 0 Å². The zero-order chi connectivity index (χ0) is 22.4. The fraction of sp³-hybridized carbons (Fsp3) is 0.381. The molecule has 3 rings (SSSR count). The largest absolute Gasteiger partial charge is 1.00 e. The average molecular weight is 637 g/mol. The van der Waals surface area contributed by atoms with Gasteiger partial charge in [-0.3, -0.25) is 20.4 Å². The Bertz CT molecular complexity index is 1060. The molecule has 0 atom stereocenters. The van der Waals surface area contributed by atoms with Gasteiger partial charge in [-0.05, 0) is 65.7 Å². The van der Waals surface area contributed by atoms with E-state index in [2.05, 4.69) is 31.5 Å². The fourth-order valence-electron chi connectivity index (χ4n) is 3.64. The number of halogens is 2. The Balaban J connectivity index is 0.00000363. The number of hydrazine groups is 1. The standard InChI is InChI=1S/C21H25BrN4O4S.HI/c1-26-13-5-4-7-18(26)21(28)25-24-20(27)16-11-9-15(10-12-16)14-23-31(29,30)19-8-3-2-6-17(19)22;/h2-8,13,15-16,23,28H,9-12,14H2,1H3;1H. The molecule has 1 aromatic heterocycles. The zero-order valence-corrected chi connectivity index (χ0v) is 22.1. The monoisotopic (exact) mass is 636 g/mol. The molecule has 1 heterocycles. The van der Waals surface area contributed by atoms with Crippen LogP contribution in [0.4, 0.5) is 0 Å². The first-order valence-corrected chi connectivity index (χ1v) is 12.3. The highest BCUT2D eigenvalue weighted by Gasteiger charge is 2.28. The predicted octanol–water partition coefficient (Wildman–Crippen LogP) is -1.18. The number of carbonyl (C=O) groups is 2. The molecule has 1 aliphatic rings. The minimum atomic E-state index is -3.59. The molecule has 0 bridgehead atoms. The Morgan fingerprint density at radius 2 is 1.69 bits per heavy atom. The molecule has 1 aromatic carbocycles. The smallest absolute Gasteiger partial charge is 0.334 e. The summed E-state index contributed by atoms with van der Waals surface area (Å²) in [5.74, 6) is -0.647. The van der Waals surface area contributed by atoms with Gasteiger partial charge in [0.05, 0.1) is 4.90 Å². The number of carbonyl (C=O) groups excluding carboxylic acids is 2. The van der Waals surface area contributed by atoms with E-state index in [0.29, 0.717) is 29.6 Å². The molecule has 3 N–H and O–H groups in total. The molecular formula is C21H26BrIN4O4S. The molecule has 0 saturated heterocycles. The van der Waals surface area contributed by atoms with Crippen LogP contribution in [0.25, 0.3) is 0 Å². The van der Waals surface area contributed by atoms with Crippen molar-refractivity contribution in [1.29, 1.82) is 0 Å². The Morgan fingerprint density at radius 3 is 2.34 bits per heavy atom. The van der Waals surface area contributed by atoms with Crippen molar-refractivity contribution in [2.75, 3.05) is 6.54 Å². The second-order valence-corrected chi connectivity index (χ2v) is 10.2. The van der Waals surface area contributed by atoms with Crippen LogP contribution in [0.15, 0.2) is 58.0 Å². The first-order valence-electron chi connectivity index (χ1n) is 10.1. The number of benzene rings is 1. The quantitative estimate of drug-likeness (QED) is 0.211. The van der Waals surface area contributed by atoms with E-state index in [1.807, 2.05) is 6.07 Å².